The molecule has 0 radical (unpaired) electrons. The molecule has 1 aromatic heterocycles. The maximum absolute atomic E-state index is 11.7. The van der Waals surface area contributed by atoms with Gasteiger partial charge in [-0.05, 0) is 46.2 Å². The Bertz CT molecular complexity index is 481. The van der Waals surface area contributed by atoms with Crippen molar-refractivity contribution in [3.8, 4) is 0 Å². The fraction of sp³-hybridized carbons (Fsp3) is 0.667. The Morgan fingerprint density at radius 1 is 1.43 bits per heavy atom. The van der Waals surface area contributed by atoms with E-state index < -0.39 is 5.60 Å². The first-order valence-electron chi connectivity index (χ1n) is 7.33. The molecule has 6 nitrogen and oxygen atoms in total. The summed E-state index contributed by atoms with van der Waals surface area (Å²) in [7, 11) is 0. The molecule has 21 heavy (non-hydrogen) atoms. The Morgan fingerprint density at radius 3 is 2.81 bits per heavy atom. The Hall–Kier alpha value is -1.69. The second-order valence-corrected chi connectivity index (χ2v) is 6.53. The predicted octanol–water partition coefficient (Wildman–Crippen LogP) is 1.88. The third-order valence-electron chi connectivity index (χ3n) is 3.23. The van der Waals surface area contributed by atoms with Crippen LogP contribution in [0.25, 0.3) is 0 Å². The molecule has 0 aliphatic carbocycles. The van der Waals surface area contributed by atoms with Gasteiger partial charge in [0.15, 0.2) is 0 Å². The van der Waals surface area contributed by atoms with Crippen molar-refractivity contribution < 1.29 is 9.53 Å². The van der Waals surface area contributed by atoms with Gasteiger partial charge < -0.3 is 10.1 Å². The maximum atomic E-state index is 11.7. The van der Waals surface area contributed by atoms with Gasteiger partial charge in [-0.3, -0.25) is 4.90 Å². The number of hydrogen-bond acceptors (Lipinski definition) is 5. The van der Waals surface area contributed by atoms with Crippen molar-refractivity contribution >= 4 is 6.09 Å². The number of likely N-dealkylation sites (tertiary alicyclic amines) is 1. The van der Waals surface area contributed by atoms with Crippen molar-refractivity contribution in [2.24, 2.45) is 0 Å². The SMILES string of the molecule is Cc1ccc(CN2CC[C@@H](NC(=O)OC(C)(C)C)C2)nn1. The summed E-state index contributed by atoms with van der Waals surface area (Å²) in [6.45, 7) is 10.0. The van der Waals surface area contributed by atoms with Crippen LogP contribution in [-0.2, 0) is 11.3 Å². The van der Waals surface area contributed by atoms with Gasteiger partial charge in [0.2, 0.25) is 0 Å². The zero-order valence-electron chi connectivity index (χ0n) is 13.2. The van der Waals surface area contributed by atoms with Crippen LogP contribution in [0.4, 0.5) is 4.79 Å². The average Bonchev–Trinajstić information content (AvgIpc) is 2.77. The summed E-state index contributed by atoms with van der Waals surface area (Å²) < 4.78 is 5.28. The molecule has 2 heterocycles. The van der Waals surface area contributed by atoms with E-state index in [1.165, 1.54) is 0 Å². The smallest absolute Gasteiger partial charge is 0.407 e. The number of alkyl carbamates (subject to hydrolysis) is 1. The molecular weight excluding hydrogens is 268 g/mol. The number of hydrogen-bond donors (Lipinski definition) is 1. The highest BCUT2D eigenvalue weighted by Crippen LogP contribution is 2.13. The molecule has 0 aromatic carbocycles. The minimum Gasteiger partial charge on any atom is -0.444 e. The lowest BCUT2D eigenvalue weighted by molar-refractivity contribution is 0.0505. The van der Waals surface area contributed by atoms with Gasteiger partial charge >= 0.3 is 6.09 Å². The van der Waals surface area contributed by atoms with Crippen molar-refractivity contribution in [2.45, 2.75) is 52.3 Å². The zero-order valence-corrected chi connectivity index (χ0v) is 13.2. The quantitative estimate of drug-likeness (QED) is 0.921. The van der Waals surface area contributed by atoms with Gasteiger partial charge in [0.25, 0.3) is 0 Å². The van der Waals surface area contributed by atoms with E-state index in [1.807, 2.05) is 39.8 Å². The monoisotopic (exact) mass is 292 g/mol. The van der Waals surface area contributed by atoms with Crippen LogP contribution in [-0.4, -0.2) is 45.9 Å². The number of nitrogens with one attached hydrogen (secondary N) is 1. The number of nitrogens with zero attached hydrogens (tertiary/aromatic N) is 3. The predicted molar refractivity (Wildman–Crippen MR) is 79.8 cm³/mol. The Kier molecular flexibility index (Phi) is 4.77. The van der Waals surface area contributed by atoms with E-state index in [1.54, 1.807) is 0 Å². The van der Waals surface area contributed by atoms with Gasteiger partial charge in [-0.1, -0.05) is 0 Å². The highest BCUT2D eigenvalue weighted by atomic mass is 16.6. The summed E-state index contributed by atoms with van der Waals surface area (Å²) in [4.78, 5) is 14.0. The first kappa shape index (κ1) is 15.7. The summed E-state index contributed by atoms with van der Waals surface area (Å²) in [5.74, 6) is 0. The lowest BCUT2D eigenvalue weighted by Gasteiger charge is -2.22. The van der Waals surface area contributed by atoms with Crippen LogP contribution in [0.2, 0.25) is 0 Å². The molecule has 0 spiro atoms. The minimum atomic E-state index is -0.458. The first-order chi connectivity index (χ1) is 9.82. The fourth-order valence-electron chi connectivity index (χ4n) is 2.31. The number of amides is 1. The molecule has 1 aliphatic rings. The van der Waals surface area contributed by atoms with Crippen molar-refractivity contribution in [1.82, 2.24) is 20.4 Å². The van der Waals surface area contributed by atoms with Gasteiger partial charge in [0, 0.05) is 25.7 Å². The summed E-state index contributed by atoms with van der Waals surface area (Å²) in [5, 5.41) is 11.2. The summed E-state index contributed by atoms with van der Waals surface area (Å²) in [6, 6.07) is 4.10. The molecule has 116 valence electrons. The maximum Gasteiger partial charge on any atom is 0.407 e. The third kappa shape index (κ3) is 5.30. The van der Waals surface area contributed by atoms with E-state index in [0.717, 1.165) is 37.4 Å². The Labute approximate surface area is 125 Å². The van der Waals surface area contributed by atoms with Crippen LogP contribution in [0, 0.1) is 6.92 Å². The van der Waals surface area contributed by atoms with Crippen LogP contribution < -0.4 is 5.32 Å². The van der Waals surface area contributed by atoms with Crippen molar-refractivity contribution in [3.63, 3.8) is 0 Å². The highest BCUT2D eigenvalue weighted by molar-refractivity contribution is 5.68. The lowest BCUT2D eigenvalue weighted by atomic mass is 10.2. The minimum absolute atomic E-state index is 0.137. The molecule has 1 atom stereocenters. The van der Waals surface area contributed by atoms with Gasteiger partial charge in [0.05, 0.1) is 11.4 Å². The standard InChI is InChI=1S/C15H24N4O2/c1-11-5-6-13(18-17-11)10-19-8-7-12(9-19)16-14(20)21-15(2,3)4/h5-6,12H,7-10H2,1-4H3,(H,16,20)/t12-/m1/s1. The molecule has 1 N–H and O–H groups in total. The van der Waals surface area contributed by atoms with Gasteiger partial charge in [-0.25, -0.2) is 4.79 Å². The van der Waals surface area contributed by atoms with Crippen molar-refractivity contribution in [2.75, 3.05) is 13.1 Å². The number of carbonyl (C=O) groups is 1. The third-order valence-corrected chi connectivity index (χ3v) is 3.23. The van der Waals surface area contributed by atoms with E-state index in [9.17, 15) is 4.79 Å². The van der Waals surface area contributed by atoms with Crippen LogP contribution >= 0.6 is 0 Å². The Morgan fingerprint density at radius 2 is 2.19 bits per heavy atom. The second-order valence-electron chi connectivity index (χ2n) is 6.53. The van der Waals surface area contributed by atoms with Crippen molar-refractivity contribution in [3.05, 3.63) is 23.5 Å². The summed E-state index contributed by atoms with van der Waals surface area (Å²) in [5.41, 5.74) is 1.42. The molecular formula is C15H24N4O2. The van der Waals surface area contributed by atoms with E-state index in [4.69, 9.17) is 4.74 Å². The zero-order chi connectivity index (χ0) is 15.5. The average molecular weight is 292 g/mol. The number of aromatic nitrogens is 2. The molecule has 1 amide bonds. The first-order valence-corrected chi connectivity index (χ1v) is 7.33. The molecule has 1 saturated heterocycles. The topological polar surface area (TPSA) is 67.4 Å². The summed E-state index contributed by atoms with van der Waals surface area (Å²) >= 11 is 0. The second kappa shape index (κ2) is 6.39. The molecule has 1 fully saturated rings. The normalized spacial score (nSPS) is 19.5. The molecule has 1 aliphatic heterocycles. The van der Waals surface area contributed by atoms with Gasteiger partial charge in [0.1, 0.15) is 5.60 Å². The molecule has 0 saturated carbocycles. The lowest BCUT2D eigenvalue weighted by Crippen LogP contribution is -2.40. The van der Waals surface area contributed by atoms with Crippen LogP contribution in [0.3, 0.4) is 0 Å². The van der Waals surface area contributed by atoms with Crippen LogP contribution in [0.15, 0.2) is 12.1 Å². The summed E-state index contributed by atoms with van der Waals surface area (Å²) in [6.07, 6.45) is 0.586. The number of rotatable bonds is 3. The largest absolute Gasteiger partial charge is 0.444 e. The molecule has 0 bridgehead atoms. The van der Waals surface area contributed by atoms with E-state index in [2.05, 4.69) is 20.4 Å². The van der Waals surface area contributed by atoms with Gasteiger partial charge in [-0.2, -0.15) is 10.2 Å². The molecule has 0 unspecified atom stereocenters. The number of aryl methyl sites for hydroxylation is 1. The fourth-order valence-corrected chi connectivity index (χ4v) is 2.31. The van der Waals surface area contributed by atoms with E-state index in [-0.39, 0.29) is 12.1 Å². The number of ether oxygens (including phenoxy) is 1. The highest BCUT2D eigenvalue weighted by Gasteiger charge is 2.26. The van der Waals surface area contributed by atoms with Crippen LogP contribution in [0.1, 0.15) is 38.6 Å². The molecule has 6 heteroatoms. The van der Waals surface area contributed by atoms with Crippen LogP contribution in [0.5, 0.6) is 0 Å². The Balaban J connectivity index is 1.78. The van der Waals surface area contributed by atoms with E-state index in [0.29, 0.717) is 0 Å². The van der Waals surface area contributed by atoms with Gasteiger partial charge in [-0.15, -0.1) is 0 Å². The molecule has 1 aromatic rings. The number of carbonyl (C=O) groups excluding carboxylic acids is 1. The van der Waals surface area contributed by atoms with Crippen molar-refractivity contribution in [1.29, 1.82) is 0 Å². The van der Waals surface area contributed by atoms with E-state index >= 15 is 0 Å². The molecule has 2 rings (SSSR count).